The van der Waals surface area contributed by atoms with E-state index in [4.69, 9.17) is 11.6 Å². The molecule has 0 radical (unpaired) electrons. The van der Waals surface area contributed by atoms with Gasteiger partial charge >= 0.3 is 0 Å². The van der Waals surface area contributed by atoms with Gasteiger partial charge < -0.3 is 5.73 Å². The van der Waals surface area contributed by atoms with Gasteiger partial charge in [0.15, 0.2) is 0 Å². The van der Waals surface area contributed by atoms with E-state index in [1.54, 1.807) is 10.9 Å². The number of rotatable bonds is 3. The van der Waals surface area contributed by atoms with E-state index in [9.17, 15) is 0 Å². The van der Waals surface area contributed by atoms with E-state index in [1.807, 2.05) is 32.3 Å². The van der Waals surface area contributed by atoms with Crippen molar-refractivity contribution in [2.24, 2.45) is 12.9 Å². The molecule has 90 valence electrons. The van der Waals surface area contributed by atoms with E-state index in [0.717, 1.165) is 16.8 Å². The lowest BCUT2D eigenvalue weighted by atomic mass is 10.0. The number of nitrogens with one attached hydrogen (secondary N) is 1. The van der Waals surface area contributed by atoms with Crippen LogP contribution in [0.15, 0.2) is 24.5 Å². The normalized spacial score (nSPS) is 12.6. The van der Waals surface area contributed by atoms with Crippen LogP contribution in [0.5, 0.6) is 0 Å². The Labute approximate surface area is 99.6 Å². The predicted octanol–water partition coefficient (Wildman–Crippen LogP) is 0.258. The molecular weight excluding hydrogens is 216 g/mol. The largest absolute Gasteiger partial charge is 0.383 e. The van der Waals surface area contributed by atoms with Crippen LogP contribution >= 0.6 is 0 Å². The first-order valence-corrected chi connectivity index (χ1v) is 5.30. The van der Waals surface area contributed by atoms with Crippen LogP contribution in [0.1, 0.15) is 22.9 Å². The van der Waals surface area contributed by atoms with Crippen LogP contribution in [0.3, 0.4) is 0 Å². The molecule has 0 bridgehead atoms. The second-order valence-electron chi connectivity index (χ2n) is 3.94. The molecule has 0 aliphatic rings. The first kappa shape index (κ1) is 11.6. The van der Waals surface area contributed by atoms with E-state index >= 15 is 0 Å². The molecule has 17 heavy (non-hydrogen) atoms. The predicted molar refractivity (Wildman–Crippen MR) is 65.8 cm³/mol. The van der Waals surface area contributed by atoms with Gasteiger partial charge in [0.2, 0.25) is 0 Å². The number of aromatic nitrogens is 3. The second kappa shape index (κ2) is 4.52. The Kier molecular flexibility index (Phi) is 3.08. The summed E-state index contributed by atoms with van der Waals surface area (Å²) in [6, 6.07) is 3.56. The van der Waals surface area contributed by atoms with Crippen molar-refractivity contribution < 1.29 is 0 Å². The first-order valence-electron chi connectivity index (χ1n) is 5.30. The topological polar surface area (TPSA) is 94.8 Å². The molecule has 0 spiro atoms. The molecular formula is C11H16N6. The minimum Gasteiger partial charge on any atom is -0.383 e. The molecule has 1 unspecified atom stereocenters. The van der Waals surface area contributed by atoms with Gasteiger partial charge in [-0.05, 0) is 24.6 Å². The molecule has 5 N–H and O–H groups in total. The molecule has 0 fully saturated rings. The summed E-state index contributed by atoms with van der Waals surface area (Å²) in [6.45, 7) is 1.97. The summed E-state index contributed by atoms with van der Waals surface area (Å²) in [7, 11) is 1.86. The molecule has 0 amide bonds. The van der Waals surface area contributed by atoms with E-state index in [2.05, 4.69) is 15.5 Å². The highest BCUT2D eigenvalue weighted by Crippen LogP contribution is 2.26. The van der Waals surface area contributed by atoms with Crippen LogP contribution in [0.4, 0.5) is 5.82 Å². The maximum Gasteiger partial charge on any atom is 0.128 e. The Morgan fingerprint density at radius 2 is 2.18 bits per heavy atom. The highest BCUT2D eigenvalue weighted by Gasteiger charge is 2.20. The van der Waals surface area contributed by atoms with Crippen molar-refractivity contribution in [1.29, 1.82) is 0 Å². The first-order chi connectivity index (χ1) is 8.13. The third-order valence-corrected chi connectivity index (χ3v) is 2.72. The molecule has 2 aromatic heterocycles. The molecule has 2 aromatic rings. The van der Waals surface area contributed by atoms with Gasteiger partial charge in [0, 0.05) is 25.0 Å². The summed E-state index contributed by atoms with van der Waals surface area (Å²) in [5.74, 6) is 6.07. The number of nitrogens with zero attached hydrogens (tertiary/aromatic N) is 3. The summed E-state index contributed by atoms with van der Waals surface area (Å²) in [5, 5.41) is 4.33. The number of aryl methyl sites for hydroxylation is 2. The SMILES string of the molecule is Cc1ccnc(N)c1C(NN)c1ccn(C)n1. The van der Waals surface area contributed by atoms with Crippen molar-refractivity contribution in [3.05, 3.63) is 41.3 Å². The van der Waals surface area contributed by atoms with Crippen LogP contribution in [-0.4, -0.2) is 14.8 Å². The molecule has 2 rings (SSSR count). The summed E-state index contributed by atoms with van der Waals surface area (Å²) < 4.78 is 1.72. The van der Waals surface area contributed by atoms with Gasteiger partial charge in [0.05, 0.1) is 11.7 Å². The standard InChI is InChI=1S/C11H16N6/c1-7-3-5-14-11(12)9(7)10(15-13)8-4-6-17(2)16-8/h3-6,10,15H,13H2,1-2H3,(H2,12,14). The number of hydrogen-bond acceptors (Lipinski definition) is 5. The molecule has 6 nitrogen and oxygen atoms in total. The zero-order chi connectivity index (χ0) is 12.4. The molecule has 0 aromatic carbocycles. The van der Waals surface area contributed by atoms with E-state index in [-0.39, 0.29) is 6.04 Å². The summed E-state index contributed by atoms with van der Waals surface area (Å²) in [6.07, 6.45) is 3.54. The van der Waals surface area contributed by atoms with Crippen LogP contribution < -0.4 is 17.0 Å². The number of pyridine rings is 1. The highest BCUT2D eigenvalue weighted by molar-refractivity contribution is 5.48. The fourth-order valence-electron chi connectivity index (χ4n) is 1.87. The second-order valence-corrected chi connectivity index (χ2v) is 3.94. The molecule has 0 aliphatic heterocycles. The Bertz CT molecular complexity index is 498. The van der Waals surface area contributed by atoms with Crippen molar-refractivity contribution in [1.82, 2.24) is 20.2 Å². The minimum absolute atomic E-state index is 0.245. The average Bonchev–Trinajstić information content (AvgIpc) is 2.70. The van der Waals surface area contributed by atoms with Gasteiger partial charge in [-0.1, -0.05) is 0 Å². The average molecular weight is 232 g/mol. The fourth-order valence-corrected chi connectivity index (χ4v) is 1.87. The number of nitrogens with two attached hydrogens (primary N) is 2. The summed E-state index contributed by atoms with van der Waals surface area (Å²) >= 11 is 0. The van der Waals surface area contributed by atoms with Crippen LogP contribution in [0.25, 0.3) is 0 Å². The molecule has 6 heteroatoms. The minimum atomic E-state index is -0.245. The lowest BCUT2D eigenvalue weighted by Crippen LogP contribution is -2.30. The maximum atomic E-state index is 5.90. The smallest absolute Gasteiger partial charge is 0.128 e. The van der Waals surface area contributed by atoms with Crippen LogP contribution in [0, 0.1) is 6.92 Å². The van der Waals surface area contributed by atoms with Crippen LogP contribution in [-0.2, 0) is 7.05 Å². The Morgan fingerprint density at radius 1 is 1.41 bits per heavy atom. The van der Waals surface area contributed by atoms with Gasteiger partial charge in [-0.2, -0.15) is 5.10 Å². The number of hydrogen-bond donors (Lipinski definition) is 3. The fraction of sp³-hybridized carbons (Fsp3) is 0.273. The lowest BCUT2D eigenvalue weighted by Gasteiger charge is -2.17. The van der Waals surface area contributed by atoms with Gasteiger partial charge in [-0.25, -0.2) is 10.4 Å². The van der Waals surface area contributed by atoms with Gasteiger partial charge in [0.25, 0.3) is 0 Å². The Morgan fingerprint density at radius 3 is 2.71 bits per heavy atom. The number of anilines is 1. The van der Waals surface area contributed by atoms with Gasteiger partial charge in [-0.15, -0.1) is 0 Å². The number of hydrazine groups is 1. The molecule has 2 heterocycles. The van der Waals surface area contributed by atoms with Crippen molar-refractivity contribution in [3.8, 4) is 0 Å². The summed E-state index contributed by atoms with van der Waals surface area (Å²) in [5.41, 5.74) is 11.4. The Balaban J connectivity index is 2.49. The van der Waals surface area contributed by atoms with Crippen molar-refractivity contribution in [2.75, 3.05) is 5.73 Å². The highest BCUT2D eigenvalue weighted by atomic mass is 15.3. The van der Waals surface area contributed by atoms with Gasteiger partial charge in [-0.3, -0.25) is 10.5 Å². The van der Waals surface area contributed by atoms with Crippen LogP contribution in [0.2, 0.25) is 0 Å². The van der Waals surface area contributed by atoms with Crippen molar-refractivity contribution in [2.45, 2.75) is 13.0 Å². The van der Waals surface area contributed by atoms with Gasteiger partial charge in [0.1, 0.15) is 5.82 Å². The monoisotopic (exact) mass is 232 g/mol. The maximum absolute atomic E-state index is 5.90. The number of nitrogen functional groups attached to an aromatic ring is 1. The molecule has 0 aliphatic carbocycles. The zero-order valence-electron chi connectivity index (χ0n) is 9.88. The Hall–Kier alpha value is -1.92. The van der Waals surface area contributed by atoms with Crippen molar-refractivity contribution >= 4 is 5.82 Å². The zero-order valence-corrected chi connectivity index (χ0v) is 9.88. The third-order valence-electron chi connectivity index (χ3n) is 2.72. The van der Waals surface area contributed by atoms with Crippen molar-refractivity contribution in [3.63, 3.8) is 0 Å². The molecule has 0 saturated heterocycles. The van der Waals surface area contributed by atoms with E-state index < -0.39 is 0 Å². The van der Waals surface area contributed by atoms with E-state index in [0.29, 0.717) is 5.82 Å². The molecule has 0 saturated carbocycles. The third kappa shape index (κ3) is 2.13. The summed E-state index contributed by atoms with van der Waals surface area (Å²) in [4.78, 5) is 4.09. The molecule has 1 atom stereocenters. The quantitative estimate of drug-likeness (QED) is 0.521. The lowest BCUT2D eigenvalue weighted by molar-refractivity contribution is 0.601. The van der Waals surface area contributed by atoms with E-state index in [1.165, 1.54) is 0 Å².